The summed E-state index contributed by atoms with van der Waals surface area (Å²) in [5.41, 5.74) is 0.706. The van der Waals surface area contributed by atoms with E-state index in [0.29, 0.717) is 31.4 Å². The van der Waals surface area contributed by atoms with Crippen LogP contribution in [0, 0.1) is 6.92 Å². The van der Waals surface area contributed by atoms with Crippen molar-refractivity contribution in [2.45, 2.75) is 26.3 Å². The van der Waals surface area contributed by atoms with E-state index in [4.69, 9.17) is 9.84 Å². The number of aryl methyl sites for hydroxylation is 1. The molecule has 6 heteroatoms. The highest BCUT2D eigenvalue weighted by atomic mass is 16.5. The number of hydrogen-bond donors (Lipinski definition) is 1. The summed E-state index contributed by atoms with van der Waals surface area (Å²) >= 11 is 0. The number of anilines is 1. The largest absolute Gasteiger partial charge is 0.477 e. The van der Waals surface area contributed by atoms with Gasteiger partial charge in [-0.3, -0.25) is 0 Å². The van der Waals surface area contributed by atoms with Gasteiger partial charge in [0.25, 0.3) is 0 Å². The maximum Gasteiger partial charge on any atom is 0.354 e. The van der Waals surface area contributed by atoms with Crippen LogP contribution in [0.2, 0.25) is 0 Å². The predicted molar refractivity (Wildman–Crippen MR) is 66.0 cm³/mol. The highest BCUT2D eigenvalue weighted by Crippen LogP contribution is 2.18. The fourth-order valence-electron chi connectivity index (χ4n) is 2.05. The van der Waals surface area contributed by atoms with E-state index in [1.807, 2.05) is 4.90 Å². The molecule has 18 heavy (non-hydrogen) atoms. The minimum atomic E-state index is -1.02. The molecule has 1 aromatic heterocycles. The first kappa shape index (κ1) is 12.8. The molecule has 1 atom stereocenters. The maximum atomic E-state index is 11.0. The van der Waals surface area contributed by atoms with Gasteiger partial charge in [-0.25, -0.2) is 14.8 Å². The van der Waals surface area contributed by atoms with Crippen molar-refractivity contribution in [1.82, 2.24) is 9.97 Å². The lowest BCUT2D eigenvalue weighted by atomic mass is 10.2. The second kappa shape index (κ2) is 5.30. The van der Waals surface area contributed by atoms with Gasteiger partial charge in [-0.05, 0) is 19.4 Å². The molecule has 0 amide bonds. The molecule has 0 aromatic carbocycles. The lowest BCUT2D eigenvalue weighted by Crippen LogP contribution is -2.46. The molecule has 1 saturated heterocycles. The van der Waals surface area contributed by atoms with E-state index in [2.05, 4.69) is 16.9 Å². The topological polar surface area (TPSA) is 75.5 Å². The number of nitrogens with zero attached hydrogens (tertiary/aromatic N) is 3. The first-order valence-electron chi connectivity index (χ1n) is 6.05. The van der Waals surface area contributed by atoms with Gasteiger partial charge in [-0.15, -0.1) is 0 Å². The zero-order valence-electron chi connectivity index (χ0n) is 10.6. The average Bonchev–Trinajstić information content (AvgIpc) is 2.38. The number of rotatable bonds is 3. The smallest absolute Gasteiger partial charge is 0.354 e. The Balaban J connectivity index is 2.33. The van der Waals surface area contributed by atoms with Crippen LogP contribution in [0.3, 0.4) is 0 Å². The van der Waals surface area contributed by atoms with E-state index in [0.717, 1.165) is 6.42 Å². The van der Waals surface area contributed by atoms with E-state index in [1.165, 1.54) is 6.07 Å². The summed E-state index contributed by atoms with van der Waals surface area (Å²) < 4.78 is 5.42. The van der Waals surface area contributed by atoms with Crippen molar-refractivity contribution in [2.24, 2.45) is 0 Å². The minimum absolute atomic E-state index is 0.0406. The van der Waals surface area contributed by atoms with Crippen LogP contribution in [0.5, 0.6) is 0 Å². The molecule has 1 fully saturated rings. The average molecular weight is 251 g/mol. The fraction of sp³-hybridized carbons (Fsp3) is 0.583. The standard InChI is InChI=1S/C12H17N3O3/c1-3-9-7-18-5-4-15(9)12-13-8(2)6-10(14-12)11(16)17/h6,9H,3-5,7H2,1-2H3,(H,16,17). The Kier molecular flexibility index (Phi) is 3.76. The summed E-state index contributed by atoms with van der Waals surface area (Å²) in [7, 11) is 0. The minimum Gasteiger partial charge on any atom is -0.477 e. The van der Waals surface area contributed by atoms with Gasteiger partial charge in [0.05, 0.1) is 19.3 Å². The van der Waals surface area contributed by atoms with Gasteiger partial charge in [-0.1, -0.05) is 6.92 Å². The second-order valence-electron chi connectivity index (χ2n) is 4.33. The van der Waals surface area contributed by atoms with Gasteiger partial charge in [-0.2, -0.15) is 0 Å². The van der Waals surface area contributed by atoms with Gasteiger partial charge in [0.15, 0.2) is 5.69 Å². The van der Waals surface area contributed by atoms with E-state index in [-0.39, 0.29) is 11.7 Å². The van der Waals surface area contributed by atoms with Gasteiger partial charge < -0.3 is 14.7 Å². The first-order chi connectivity index (χ1) is 8.61. The van der Waals surface area contributed by atoms with Crippen molar-refractivity contribution in [3.63, 3.8) is 0 Å². The third-order valence-electron chi connectivity index (χ3n) is 3.02. The van der Waals surface area contributed by atoms with Crippen LogP contribution in [0.4, 0.5) is 5.95 Å². The summed E-state index contributed by atoms with van der Waals surface area (Å²) in [6, 6.07) is 1.69. The number of morpholine rings is 1. The van der Waals surface area contributed by atoms with Crippen LogP contribution < -0.4 is 4.90 Å². The summed E-state index contributed by atoms with van der Waals surface area (Å²) in [4.78, 5) is 21.5. The highest BCUT2D eigenvalue weighted by Gasteiger charge is 2.24. The Hall–Kier alpha value is -1.69. The lowest BCUT2D eigenvalue weighted by molar-refractivity contribution is 0.0689. The van der Waals surface area contributed by atoms with E-state index >= 15 is 0 Å². The molecule has 2 heterocycles. The first-order valence-corrected chi connectivity index (χ1v) is 6.05. The van der Waals surface area contributed by atoms with Crippen molar-refractivity contribution in [1.29, 1.82) is 0 Å². The molecule has 2 rings (SSSR count). The second-order valence-corrected chi connectivity index (χ2v) is 4.33. The number of aromatic nitrogens is 2. The monoisotopic (exact) mass is 251 g/mol. The van der Waals surface area contributed by atoms with Gasteiger partial charge in [0.2, 0.25) is 5.95 Å². The molecule has 0 saturated carbocycles. The van der Waals surface area contributed by atoms with Crippen LogP contribution in [-0.2, 0) is 4.74 Å². The molecule has 98 valence electrons. The van der Waals surface area contributed by atoms with Crippen molar-refractivity contribution >= 4 is 11.9 Å². The third-order valence-corrected chi connectivity index (χ3v) is 3.02. The van der Waals surface area contributed by atoms with Crippen LogP contribution >= 0.6 is 0 Å². The third kappa shape index (κ3) is 2.59. The van der Waals surface area contributed by atoms with Crippen LogP contribution in [0.25, 0.3) is 0 Å². The number of carboxylic acids is 1. The van der Waals surface area contributed by atoms with Crippen LogP contribution in [-0.4, -0.2) is 46.8 Å². The van der Waals surface area contributed by atoms with E-state index in [1.54, 1.807) is 6.92 Å². The quantitative estimate of drug-likeness (QED) is 0.867. The van der Waals surface area contributed by atoms with Gasteiger partial charge in [0, 0.05) is 12.2 Å². The lowest BCUT2D eigenvalue weighted by Gasteiger charge is -2.35. The molecular formula is C12H17N3O3. The molecule has 1 N–H and O–H groups in total. The number of hydrogen-bond acceptors (Lipinski definition) is 5. The maximum absolute atomic E-state index is 11.0. The SMILES string of the molecule is CCC1COCCN1c1nc(C)cc(C(=O)O)n1. The van der Waals surface area contributed by atoms with Crippen molar-refractivity contribution < 1.29 is 14.6 Å². The summed E-state index contributed by atoms with van der Waals surface area (Å²) in [5, 5.41) is 9.02. The Morgan fingerprint density at radius 2 is 2.39 bits per heavy atom. The van der Waals surface area contributed by atoms with Crippen LogP contribution in [0.15, 0.2) is 6.07 Å². The van der Waals surface area contributed by atoms with Gasteiger partial charge in [0.1, 0.15) is 0 Å². The Bertz CT molecular complexity index is 450. The number of aromatic carboxylic acids is 1. The molecule has 1 aromatic rings. The summed E-state index contributed by atoms with van der Waals surface area (Å²) in [6.45, 7) is 5.80. The van der Waals surface area contributed by atoms with Crippen molar-refractivity contribution in [2.75, 3.05) is 24.7 Å². The zero-order valence-corrected chi connectivity index (χ0v) is 10.6. The number of carbonyl (C=O) groups is 1. The highest BCUT2D eigenvalue weighted by molar-refractivity contribution is 5.85. The van der Waals surface area contributed by atoms with Crippen LogP contribution in [0.1, 0.15) is 29.5 Å². The summed E-state index contributed by atoms with van der Waals surface area (Å²) in [6.07, 6.45) is 0.916. The molecule has 1 aliphatic heterocycles. The fourth-order valence-corrected chi connectivity index (χ4v) is 2.05. The van der Waals surface area contributed by atoms with E-state index < -0.39 is 5.97 Å². The summed E-state index contributed by atoms with van der Waals surface area (Å²) in [5.74, 6) is -0.536. The number of ether oxygens (including phenoxy) is 1. The normalized spacial score (nSPS) is 19.9. The molecule has 0 spiro atoms. The Morgan fingerprint density at radius 1 is 1.61 bits per heavy atom. The molecule has 0 bridgehead atoms. The molecular weight excluding hydrogens is 234 g/mol. The number of carboxylic acid groups (broad SMARTS) is 1. The van der Waals surface area contributed by atoms with Crippen molar-refractivity contribution in [3.8, 4) is 0 Å². The molecule has 6 nitrogen and oxygen atoms in total. The predicted octanol–water partition coefficient (Wildman–Crippen LogP) is 1.10. The molecule has 0 radical (unpaired) electrons. The zero-order chi connectivity index (χ0) is 13.1. The molecule has 1 unspecified atom stereocenters. The Morgan fingerprint density at radius 3 is 3.06 bits per heavy atom. The molecule has 0 aliphatic carbocycles. The van der Waals surface area contributed by atoms with Crippen molar-refractivity contribution in [3.05, 3.63) is 17.5 Å². The van der Waals surface area contributed by atoms with E-state index in [9.17, 15) is 4.79 Å². The molecule has 1 aliphatic rings. The van der Waals surface area contributed by atoms with Gasteiger partial charge >= 0.3 is 5.97 Å². The Labute approximate surface area is 106 Å².